The van der Waals surface area contributed by atoms with Crippen molar-refractivity contribution in [2.24, 2.45) is 4.99 Å². The van der Waals surface area contributed by atoms with Gasteiger partial charge in [-0.05, 0) is 54.8 Å². The number of pyridine rings is 1. The minimum atomic E-state index is -4.46. The van der Waals surface area contributed by atoms with E-state index in [4.69, 9.17) is 4.74 Å². The fourth-order valence-electron chi connectivity index (χ4n) is 3.46. The van der Waals surface area contributed by atoms with Gasteiger partial charge in [-0.25, -0.2) is 0 Å². The van der Waals surface area contributed by atoms with E-state index in [9.17, 15) is 18.0 Å². The van der Waals surface area contributed by atoms with Gasteiger partial charge in [0, 0.05) is 37.5 Å². The number of aryl methyl sites for hydroxylation is 1. The summed E-state index contributed by atoms with van der Waals surface area (Å²) in [5, 5.41) is 5.75. The van der Waals surface area contributed by atoms with Gasteiger partial charge in [-0.2, -0.15) is 13.2 Å². The summed E-state index contributed by atoms with van der Waals surface area (Å²) in [7, 11) is 0. The summed E-state index contributed by atoms with van der Waals surface area (Å²) >= 11 is 0. The number of anilines is 1. The van der Waals surface area contributed by atoms with Gasteiger partial charge in [-0.1, -0.05) is 18.2 Å². The first-order valence-electron chi connectivity index (χ1n) is 10.9. The van der Waals surface area contributed by atoms with E-state index in [2.05, 4.69) is 20.6 Å². The first-order chi connectivity index (χ1) is 16.4. The van der Waals surface area contributed by atoms with Gasteiger partial charge in [0.2, 0.25) is 5.91 Å². The van der Waals surface area contributed by atoms with Crippen molar-refractivity contribution in [1.82, 2.24) is 10.3 Å². The minimum absolute atomic E-state index is 0.113. The average Bonchev–Trinajstić information content (AvgIpc) is 2.83. The van der Waals surface area contributed by atoms with Crippen molar-refractivity contribution in [3.05, 3.63) is 83.7 Å². The molecule has 2 N–H and O–H groups in total. The number of alkyl halides is 3. The zero-order valence-electron chi connectivity index (χ0n) is 18.2. The van der Waals surface area contributed by atoms with Crippen LogP contribution in [0.5, 0.6) is 11.5 Å². The Labute approximate surface area is 194 Å². The summed E-state index contributed by atoms with van der Waals surface area (Å²) in [5.74, 6) is 1.59. The molecular weight excluding hydrogens is 445 g/mol. The third kappa shape index (κ3) is 6.34. The number of aliphatic imine (C=N–C) groups is 1. The van der Waals surface area contributed by atoms with E-state index < -0.39 is 11.7 Å². The highest BCUT2D eigenvalue weighted by Gasteiger charge is 2.30. The summed E-state index contributed by atoms with van der Waals surface area (Å²) in [6, 6.07) is 15.5. The maximum atomic E-state index is 12.8. The maximum absolute atomic E-state index is 12.8. The zero-order chi connectivity index (χ0) is 24.0. The maximum Gasteiger partial charge on any atom is 0.416 e. The smallest absolute Gasteiger partial charge is 0.416 e. The van der Waals surface area contributed by atoms with E-state index >= 15 is 0 Å². The molecular formula is C25H23F3N4O2. The molecule has 2 heterocycles. The molecule has 0 spiro atoms. The molecule has 176 valence electrons. The van der Waals surface area contributed by atoms with Crippen LogP contribution in [0.15, 0.2) is 71.9 Å². The van der Waals surface area contributed by atoms with Crippen molar-refractivity contribution in [3.8, 4) is 11.5 Å². The average molecular weight is 468 g/mol. The van der Waals surface area contributed by atoms with Crippen molar-refractivity contribution < 1.29 is 22.7 Å². The Bertz CT molecular complexity index is 1190. The highest BCUT2D eigenvalue weighted by atomic mass is 19.4. The Morgan fingerprint density at radius 1 is 1.06 bits per heavy atom. The minimum Gasteiger partial charge on any atom is -0.457 e. The number of nitrogens with zero attached hydrogens (tertiary/aromatic N) is 2. The van der Waals surface area contributed by atoms with Gasteiger partial charge in [0.1, 0.15) is 23.0 Å². The van der Waals surface area contributed by atoms with E-state index in [-0.39, 0.29) is 18.0 Å². The fraction of sp³-hybridized carbons (Fsp3) is 0.240. The number of aromatic nitrogens is 1. The lowest BCUT2D eigenvalue weighted by atomic mass is 10.1. The predicted octanol–water partition coefficient (Wildman–Crippen LogP) is 5.20. The highest BCUT2D eigenvalue weighted by molar-refractivity contribution is 5.97. The molecule has 2 aromatic carbocycles. The Kier molecular flexibility index (Phi) is 7.10. The van der Waals surface area contributed by atoms with Crippen LogP contribution in [0, 0.1) is 0 Å². The number of carbonyl (C=O) groups is 1. The van der Waals surface area contributed by atoms with Crippen molar-refractivity contribution in [3.63, 3.8) is 0 Å². The third-order valence-corrected chi connectivity index (χ3v) is 5.12. The number of hydrogen-bond donors (Lipinski definition) is 2. The molecule has 0 saturated carbocycles. The summed E-state index contributed by atoms with van der Waals surface area (Å²) in [4.78, 5) is 21.1. The Morgan fingerprint density at radius 2 is 1.88 bits per heavy atom. The number of amidine groups is 1. The summed E-state index contributed by atoms with van der Waals surface area (Å²) in [6.07, 6.45) is -1.29. The van der Waals surface area contributed by atoms with Crippen molar-refractivity contribution in [1.29, 1.82) is 0 Å². The monoisotopic (exact) mass is 468 g/mol. The lowest BCUT2D eigenvalue weighted by molar-refractivity contribution is -0.137. The lowest BCUT2D eigenvalue weighted by Crippen LogP contribution is -2.30. The number of hydrogen-bond acceptors (Lipinski definition) is 5. The zero-order valence-corrected chi connectivity index (χ0v) is 18.2. The molecule has 0 radical (unpaired) electrons. The van der Waals surface area contributed by atoms with Gasteiger partial charge >= 0.3 is 6.18 Å². The second kappa shape index (κ2) is 10.4. The van der Waals surface area contributed by atoms with Crippen molar-refractivity contribution >= 4 is 17.4 Å². The van der Waals surface area contributed by atoms with Crippen LogP contribution in [0.25, 0.3) is 0 Å². The number of carbonyl (C=O) groups excluding carboxylic acids is 1. The number of nitrogens with one attached hydrogen (secondary N) is 2. The van der Waals surface area contributed by atoms with Crippen LogP contribution in [0.1, 0.15) is 29.7 Å². The van der Waals surface area contributed by atoms with E-state index in [0.29, 0.717) is 23.6 Å². The van der Waals surface area contributed by atoms with Crippen LogP contribution in [-0.4, -0.2) is 29.8 Å². The SMILES string of the molecule is O=C(CCc1cccc(Oc2ccnc(C3=NCCCN3)c2)c1)Nc1cccc(C(F)(F)F)c1. The molecule has 0 fully saturated rings. The van der Waals surface area contributed by atoms with E-state index in [1.54, 1.807) is 12.3 Å². The Hall–Kier alpha value is -3.88. The standard InChI is InChI=1S/C25H23F3N4O2/c26-25(27,28)18-5-2-6-19(15-18)32-23(33)9-8-17-4-1-7-20(14-17)34-21-10-13-29-22(16-21)24-30-11-3-12-31-24/h1-2,4-7,10,13-16H,3,8-9,11-12H2,(H,30,31)(H,32,33). The number of rotatable bonds is 7. The molecule has 0 atom stereocenters. The molecule has 0 saturated heterocycles. The molecule has 34 heavy (non-hydrogen) atoms. The van der Waals surface area contributed by atoms with Crippen molar-refractivity contribution in [2.75, 3.05) is 18.4 Å². The van der Waals surface area contributed by atoms with Crippen LogP contribution >= 0.6 is 0 Å². The fourth-order valence-corrected chi connectivity index (χ4v) is 3.46. The van der Waals surface area contributed by atoms with Gasteiger partial charge in [0.05, 0.1) is 5.56 Å². The van der Waals surface area contributed by atoms with Crippen LogP contribution in [0.4, 0.5) is 18.9 Å². The van der Waals surface area contributed by atoms with Gasteiger partial charge in [0.15, 0.2) is 0 Å². The van der Waals surface area contributed by atoms with Crippen LogP contribution in [-0.2, 0) is 17.4 Å². The molecule has 0 aliphatic carbocycles. The molecule has 0 bridgehead atoms. The number of ether oxygens (including phenoxy) is 1. The topological polar surface area (TPSA) is 75.6 Å². The summed E-state index contributed by atoms with van der Waals surface area (Å²) < 4.78 is 44.5. The van der Waals surface area contributed by atoms with Crippen LogP contribution in [0.3, 0.4) is 0 Å². The lowest BCUT2D eigenvalue weighted by Gasteiger charge is -2.14. The van der Waals surface area contributed by atoms with Gasteiger partial charge < -0.3 is 15.4 Å². The molecule has 1 aliphatic heterocycles. The first kappa shape index (κ1) is 23.3. The largest absolute Gasteiger partial charge is 0.457 e. The number of halogens is 3. The number of benzene rings is 2. The molecule has 0 unspecified atom stereocenters. The second-order valence-electron chi connectivity index (χ2n) is 7.76. The molecule has 4 rings (SSSR count). The Balaban J connectivity index is 1.35. The molecule has 6 nitrogen and oxygen atoms in total. The predicted molar refractivity (Wildman–Crippen MR) is 123 cm³/mol. The van der Waals surface area contributed by atoms with E-state index in [1.165, 1.54) is 12.1 Å². The number of amides is 1. The quantitative estimate of drug-likeness (QED) is 0.500. The highest BCUT2D eigenvalue weighted by Crippen LogP contribution is 2.30. The molecule has 1 aliphatic rings. The Morgan fingerprint density at radius 3 is 2.68 bits per heavy atom. The van der Waals surface area contributed by atoms with Crippen molar-refractivity contribution in [2.45, 2.75) is 25.4 Å². The van der Waals surface area contributed by atoms with Crippen LogP contribution < -0.4 is 15.4 Å². The van der Waals surface area contributed by atoms with Gasteiger partial charge in [-0.15, -0.1) is 0 Å². The molecule has 1 amide bonds. The van der Waals surface area contributed by atoms with Crippen LogP contribution in [0.2, 0.25) is 0 Å². The first-order valence-corrected chi connectivity index (χ1v) is 10.9. The van der Waals surface area contributed by atoms with Gasteiger partial charge in [-0.3, -0.25) is 14.8 Å². The molecule has 9 heteroatoms. The van der Waals surface area contributed by atoms with Gasteiger partial charge in [0.25, 0.3) is 0 Å². The summed E-state index contributed by atoms with van der Waals surface area (Å²) in [5.41, 5.74) is 0.882. The van der Waals surface area contributed by atoms with E-state index in [0.717, 1.165) is 43.0 Å². The molecule has 3 aromatic rings. The summed E-state index contributed by atoms with van der Waals surface area (Å²) in [6.45, 7) is 1.62. The van der Waals surface area contributed by atoms with E-state index in [1.807, 2.05) is 30.3 Å². The molecule has 1 aromatic heterocycles. The normalized spacial score (nSPS) is 13.6. The second-order valence-corrected chi connectivity index (χ2v) is 7.76. The third-order valence-electron chi connectivity index (χ3n) is 5.12.